The van der Waals surface area contributed by atoms with E-state index in [4.69, 9.17) is 0 Å². The number of amides is 1. The Labute approximate surface area is 167 Å². The molecule has 28 heavy (non-hydrogen) atoms. The summed E-state index contributed by atoms with van der Waals surface area (Å²) >= 11 is 0. The fourth-order valence-corrected chi connectivity index (χ4v) is 3.18. The van der Waals surface area contributed by atoms with Gasteiger partial charge in [0.25, 0.3) is 0 Å². The Balaban J connectivity index is 0.000000207. The summed E-state index contributed by atoms with van der Waals surface area (Å²) in [4.78, 5) is 11.5. The van der Waals surface area contributed by atoms with Crippen LogP contribution in [0.15, 0.2) is 60.7 Å². The van der Waals surface area contributed by atoms with Crippen LogP contribution in [0.1, 0.15) is 44.6 Å². The molecule has 1 aromatic heterocycles. The molecule has 0 radical (unpaired) electrons. The first-order chi connectivity index (χ1) is 13.5. The maximum absolute atomic E-state index is 11.5. The first-order valence-corrected chi connectivity index (χ1v) is 9.61. The molecule has 0 saturated heterocycles. The summed E-state index contributed by atoms with van der Waals surface area (Å²) in [5.41, 5.74) is 2.41. The van der Waals surface area contributed by atoms with Gasteiger partial charge in [-0.15, -0.1) is 10.2 Å². The maximum Gasteiger partial charge on any atom is 0.302 e. The van der Waals surface area contributed by atoms with Crippen molar-refractivity contribution in [3.8, 4) is 0 Å². The number of carbonyl (C=O) groups excluding carboxylic acids is 1. The predicted molar refractivity (Wildman–Crippen MR) is 110 cm³/mol. The highest BCUT2D eigenvalue weighted by molar-refractivity contribution is 5.38. The predicted octanol–water partition coefficient (Wildman–Crippen LogP) is 3.77. The first kappa shape index (κ1) is 21.4. The van der Waals surface area contributed by atoms with Crippen LogP contribution in [0.2, 0.25) is 0 Å². The molecule has 6 heteroatoms. The van der Waals surface area contributed by atoms with Crippen LogP contribution in [-0.4, -0.2) is 43.6 Å². The van der Waals surface area contributed by atoms with E-state index in [0.717, 1.165) is 25.2 Å². The normalized spacial score (nSPS) is 11.2. The number of hydrogen-bond donors (Lipinski definition) is 1. The van der Waals surface area contributed by atoms with E-state index in [2.05, 4.69) is 60.5 Å². The fourth-order valence-electron chi connectivity index (χ4n) is 3.18. The van der Waals surface area contributed by atoms with Crippen molar-refractivity contribution < 1.29 is 9.28 Å². The molecular formula is C22H30N5O+. The Morgan fingerprint density at radius 3 is 1.86 bits per heavy atom. The summed E-state index contributed by atoms with van der Waals surface area (Å²) in [5, 5.41) is 13.6. The van der Waals surface area contributed by atoms with Gasteiger partial charge in [0.05, 0.1) is 12.1 Å². The molecule has 0 saturated carbocycles. The van der Waals surface area contributed by atoms with Crippen molar-refractivity contribution >= 4 is 6.41 Å². The summed E-state index contributed by atoms with van der Waals surface area (Å²) in [7, 11) is 0. The van der Waals surface area contributed by atoms with E-state index in [1.54, 1.807) is 0 Å². The molecule has 148 valence electrons. The third kappa shape index (κ3) is 5.82. The van der Waals surface area contributed by atoms with Gasteiger partial charge >= 0.3 is 6.41 Å². The standard InChI is InChI=1S/C14H22NO.C8H8N4/c1-12(2)15(11-16,13(3)4)10-14-8-6-5-7-9-14;1-2-4-7(5-3-1)6-8-9-11-12-10-8/h5-9,11-13H,10H2,1-4H3;1-5H,6H2,(H,9,10,11,12)/q+1;. The summed E-state index contributed by atoms with van der Waals surface area (Å²) in [6, 6.07) is 20.9. The van der Waals surface area contributed by atoms with Crippen molar-refractivity contribution in [2.24, 2.45) is 0 Å². The number of aromatic nitrogens is 4. The second-order valence-corrected chi connectivity index (χ2v) is 7.42. The molecule has 1 heterocycles. The SMILES string of the molecule is CC(C)[N+](C=O)(Cc1ccccc1)C(C)C.c1ccc(Cc2nn[nH]n2)cc1. The van der Waals surface area contributed by atoms with E-state index in [1.807, 2.05) is 48.5 Å². The minimum absolute atomic E-state index is 0.303. The summed E-state index contributed by atoms with van der Waals surface area (Å²) < 4.78 is 0.490. The number of hydrogen-bond acceptors (Lipinski definition) is 4. The number of tetrazole rings is 1. The van der Waals surface area contributed by atoms with Gasteiger partial charge in [0, 0.05) is 12.0 Å². The molecule has 3 rings (SSSR count). The minimum atomic E-state index is 0.303. The van der Waals surface area contributed by atoms with Gasteiger partial charge in [-0.2, -0.15) is 5.21 Å². The lowest BCUT2D eigenvalue weighted by atomic mass is 10.1. The second kappa shape index (κ2) is 10.5. The number of nitrogens with zero attached hydrogens (tertiary/aromatic N) is 4. The third-order valence-corrected chi connectivity index (χ3v) is 5.01. The van der Waals surface area contributed by atoms with Gasteiger partial charge in [0.15, 0.2) is 5.82 Å². The molecule has 0 unspecified atom stereocenters. The number of H-pyrrole nitrogens is 1. The Kier molecular flexibility index (Phi) is 8.02. The lowest BCUT2D eigenvalue weighted by Crippen LogP contribution is -2.55. The number of nitrogens with one attached hydrogen (secondary N) is 1. The minimum Gasteiger partial charge on any atom is -0.256 e. The van der Waals surface area contributed by atoms with Gasteiger partial charge in [0.1, 0.15) is 6.54 Å². The Hall–Kier alpha value is -2.86. The highest BCUT2D eigenvalue weighted by atomic mass is 16.1. The molecule has 0 atom stereocenters. The Morgan fingerprint density at radius 1 is 0.893 bits per heavy atom. The molecular weight excluding hydrogens is 350 g/mol. The largest absolute Gasteiger partial charge is 0.302 e. The third-order valence-electron chi connectivity index (χ3n) is 5.01. The summed E-state index contributed by atoms with van der Waals surface area (Å²) in [6.45, 7) is 9.21. The van der Waals surface area contributed by atoms with Gasteiger partial charge in [-0.05, 0) is 33.3 Å². The van der Waals surface area contributed by atoms with E-state index >= 15 is 0 Å². The number of quaternary nitrogens is 1. The molecule has 1 N–H and O–H groups in total. The van der Waals surface area contributed by atoms with Crippen LogP contribution in [0.4, 0.5) is 0 Å². The van der Waals surface area contributed by atoms with Crippen molar-refractivity contribution in [3.63, 3.8) is 0 Å². The van der Waals surface area contributed by atoms with Gasteiger partial charge in [-0.1, -0.05) is 65.9 Å². The van der Waals surface area contributed by atoms with Gasteiger partial charge in [-0.25, -0.2) is 4.79 Å². The van der Waals surface area contributed by atoms with E-state index in [0.29, 0.717) is 16.6 Å². The van der Waals surface area contributed by atoms with Crippen molar-refractivity contribution in [2.75, 3.05) is 0 Å². The van der Waals surface area contributed by atoms with Crippen LogP contribution in [0.25, 0.3) is 0 Å². The number of benzene rings is 2. The lowest BCUT2D eigenvalue weighted by Gasteiger charge is -2.39. The fraction of sp³-hybridized carbons (Fsp3) is 0.364. The molecule has 3 aromatic rings. The zero-order valence-electron chi connectivity index (χ0n) is 17.1. The molecule has 0 aliphatic heterocycles. The van der Waals surface area contributed by atoms with Crippen LogP contribution in [-0.2, 0) is 17.8 Å². The van der Waals surface area contributed by atoms with Gasteiger partial charge in [0.2, 0.25) is 0 Å². The molecule has 0 fully saturated rings. The van der Waals surface area contributed by atoms with Crippen molar-refractivity contribution in [3.05, 3.63) is 77.6 Å². The molecule has 1 amide bonds. The van der Waals surface area contributed by atoms with Crippen LogP contribution >= 0.6 is 0 Å². The molecule has 6 nitrogen and oxygen atoms in total. The van der Waals surface area contributed by atoms with Crippen molar-refractivity contribution in [2.45, 2.75) is 52.7 Å². The number of rotatable bonds is 7. The molecule has 2 aromatic carbocycles. The summed E-state index contributed by atoms with van der Waals surface area (Å²) in [5.74, 6) is 0.723. The topological polar surface area (TPSA) is 71.5 Å². The quantitative estimate of drug-likeness (QED) is 0.500. The lowest BCUT2D eigenvalue weighted by molar-refractivity contribution is -0.900. The zero-order valence-corrected chi connectivity index (χ0v) is 17.1. The molecule has 0 spiro atoms. The Morgan fingerprint density at radius 2 is 1.43 bits per heavy atom. The number of carbonyl (C=O) groups is 1. The highest BCUT2D eigenvalue weighted by Gasteiger charge is 2.34. The van der Waals surface area contributed by atoms with Gasteiger partial charge < -0.3 is 0 Å². The average molecular weight is 381 g/mol. The van der Waals surface area contributed by atoms with Crippen LogP contribution in [0.3, 0.4) is 0 Å². The van der Waals surface area contributed by atoms with E-state index in [1.165, 1.54) is 11.1 Å². The average Bonchev–Trinajstić information content (AvgIpc) is 3.21. The molecule has 0 aliphatic carbocycles. The van der Waals surface area contributed by atoms with E-state index < -0.39 is 0 Å². The monoisotopic (exact) mass is 380 g/mol. The maximum atomic E-state index is 11.5. The Bertz CT molecular complexity index is 793. The van der Waals surface area contributed by atoms with Crippen molar-refractivity contribution in [1.82, 2.24) is 20.6 Å². The molecule has 0 aliphatic rings. The zero-order chi connectivity index (χ0) is 20.4. The second-order valence-electron chi connectivity index (χ2n) is 7.42. The highest BCUT2D eigenvalue weighted by Crippen LogP contribution is 2.21. The van der Waals surface area contributed by atoms with E-state index in [-0.39, 0.29) is 0 Å². The first-order valence-electron chi connectivity index (χ1n) is 9.61. The van der Waals surface area contributed by atoms with Crippen molar-refractivity contribution in [1.29, 1.82) is 0 Å². The van der Waals surface area contributed by atoms with Crippen LogP contribution in [0.5, 0.6) is 0 Å². The molecule has 0 bridgehead atoms. The summed E-state index contributed by atoms with van der Waals surface area (Å²) in [6.07, 6.45) is 1.83. The van der Waals surface area contributed by atoms with Crippen LogP contribution < -0.4 is 0 Å². The van der Waals surface area contributed by atoms with E-state index in [9.17, 15) is 4.79 Å². The smallest absolute Gasteiger partial charge is 0.256 e. The number of aromatic amines is 1. The van der Waals surface area contributed by atoms with Crippen LogP contribution in [0, 0.1) is 0 Å². The van der Waals surface area contributed by atoms with Gasteiger partial charge in [-0.3, -0.25) is 4.48 Å².